The van der Waals surface area contributed by atoms with E-state index in [0.717, 1.165) is 89.9 Å². The topological polar surface area (TPSA) is 149 Å². The second-order valence-corrected chi connectivity index (χ2v) is 20.4. The van der Waals surface area contributed by atoms with E-state index in [-0.39, 0.29) is 12.5 Å². The van der Waals surface area contributed by atoms with Crippen LogP contribution >= 0.6 is 0 Å². The Morgan fingerprint density at radius 3 is 1.30 bits per heavy atom. The summed E-state index contributed by atoms with van der Waals surface area (Å²) in [5.74, 6) is -0.193. The lowest BCUT2D eigenvalue weighted by Gasteiger charge is -2.40. The molecular weight excluding hydrogens is 923 g/mol. The SMILES string of the molecule is CC/C=C\C/C=C\C/C=C\C/C=C\C/C=C\C/C=C\CCCCCCCCCCCCCCCCCCCCCCC(=O)NC(COC1OC(CO)C(O)C(O)C1O)C(O)/C=C/CC/C=C/CC/C=C/CCCC. The third-order valence-corrected chi connectivity index (χ3v) is 13.6. The first-order valence-electron chi connectivity index (χ1n) is 30.1. The third kappa shape index (κ3) is 42.0. The summed E-state index contributed by atoms with van der Waals surface area (Å²) in [5.41, 5.74) is 0. The van der Waals surface area contributed by atoms with Crippen LogP contribution in [-0.4, -0.2) is 87.5 Å². The summed E-state index contributed by atoms with van der Waals surface area (Å²) in [6.45, 7) is 3.58. The van der Waals surface area contributed by atoms with Gasteiger partial charge in [0.2, 0.25) is 5.91 Å². The lowest BCUT2D eigenvalue weighted by molar-refractivity contribution is -0.302. The minimum Gasteiger partial charge on any atom is -0.394 e. The zero-order chi connectivity index (χ0) is 53.6. The standard InChI is InChI=1S/C65H111NO8/c1-3-5-7-9-11-13-15-17-18-19-20-21-22-23-24-25-26-27-28-29-30-31-32-33-34-35-36-37-38-39-40-41-42-43-45-47-49-51-53-55-61(69)66-58(57-73-65-64(72)63(71)62(70)60(56-67)74-65)59(68)54-52-50-48-46-44-16-14-12-10-8-6-4-2/h5,7,10-13,17-18,20-21,23-24,26-27,44,46,52,54,58-60,62-65,67-68,70-72H,3-4,6,8-9,14-16,19,22,25,28-43,45,47-51,53,55-57H2,1-2H3,(H,66,69)/b7-5-,12-10+,13-11-,18-17-,21-20-,24-23-,27-26-,46-44+,54-52+. The number of carbonyl (C=O) groups excluding carboxylic acids is 1. The van der Waals surface area contributed by atoms with Gasteiger partial charge in [0, 0.05) is 6.42 Å². The molecule has 1 aliphatic rings. The normalized spacial score (nSPS) is 19.8. The number of aliphatic hydroxyl groups is 5. The molecule has 0 aromatic carbocycles. The predicted octanol–water partition coefficient (Wildman–Crippen LogP) is 15.3. The van der Waals surface area contributed by atoms with Crippen LogP contribution in [0.15, 0.2) is 109 Å². The molecule has 1 saturated heterocycles. The summed E-state index contributed by atoms with van der Waals surface area (Å²) >= 11 is 0. The van der Waals surface area contributed by atoms with Gasteiger partial charge in [-0.25, -0.2) is 0 Å². The highest BCUT2D eigenvalue weighted by Crippen LogP contribution is 2.23. The van der Waals surface area contributed by atoms with Crippen molar-refractivity contribution in [1.82, 2.24) is 5.32 Å². The average Bonchev–Trinajstić information content (AvgIpc) is 3.40. The van der Waals surface area contributed by atoms with Crippen LogP contribution < -0.4 is 5.32 Å². The Balaban J connectivity index is 2.07. The van der Waals surface area contributed by atoms with Crippen molar-refractivity contribution in [3.63, 3.8) is 0 Å². The van der Waals surface area contributed by atoms with Gasteiger partial charge < -0.3 is 40.3 Å². The molecule has 0 aromatic rings. The van der Waals surface area contributed by atoms with Crippen molar-refractivity contribution >= 4 is 5.91 Å². The first-order valence-corrected chi connectivity index (χ1v) is 30.1. The van der Waals surface area contributed by atoms with E-state index >= 15 is 0 Å². The van der Waals surface area contributed by atoms with E-state index in [0.29, 0.717) is 6.42 Å². The molecule has 1 rings (SSSR count). The van der Waals surface area contributed by atoms with E-state index < -0.39 is 49.5 Å². The van der Waals surface area contributed by atoms with Crippen molar-refractivity contribution in [3.8, 4) is 0 Å². The Hall–Kier alpha value is -3.15. The van der Waals surface area contributed by atoms with E-state index in [1.807, 2.05) is 6.08 Å². The Morgan fingerprint density at radius 2 is 0.851 bits per heavy atom. The molecule has 0 saturated carbocycles. The molecule has 0 radical (unpaired) electrons. The van der Waals surface area contributed by atoms with Crippen molar-refractivity contribution in [1.29, 1.82) is 0 Å². The zero-order valence-electron chi connectivity index (χ0n) is 47.1. The lowest BCUT2D eigenvalue weighted by Crippen LogP contribution is -2.60. The quantitative estimate of drug-likeness (QED) is 0.0261. The first-order chi connectivity index (χ1) is 36.3. The second kappa shape index (κ2) is 53.3. The number of carbonyl (C=O) groups is 1. The smallest absolute Gasteiger partial charge is 0.220 e. The first kappa shape index (κ1) is 68.9. The van der Waals surface area contributed by atoms with Crippen LogP contribution in [0.2, 0.25) is 0 Å². The molecule has 1 amide bonds. The van der Waals surface area contributed by atoms with Gasteiger partial charge in [0.05, 0.1) is 25.4 Å². The number of hydrogen-bond acceptors (Lipinski definition) is 8. The maximum atomic E-state index is 13.0. The highest BCUT2D eigenvalue weighted by Gasteiger charge is 2.44. The third-order valence-electron chi connectivity index (χ3n) is 13.6. The highest BCUT2D eigenvalue weighted by molar-refractivity contribution is 5.76. The molecule has 9 nitrogen and oxygen atoms in total. The van der Waals surface area contributed by atoms with Gasteiger partial charge in [0.25, 0.3) is 0 Å². The molecule has 7 atom stereocenters. The number of rotatable bonds is 50. The Kier molecular flexibility index (Phi) is 49.6. The number of amides is 1. The maximum absolute atomic E-state index is 13.0. The van der Waals surface area contributed by atoms with Crippen LogP contribution in [0, 0.1) is 0 Å². The summed E-state index contributed by atoms with van der Waals surface area (Å²) in [6, 6.07) is -0.831. The maximum Gasteiger partial charge on any atom is 0.220 e. The number of unbranched alkanes of at least 4 members (excludes halogenated alkanes) is 24. The van der Waals surface area contributed by atoms with Gasteiger partial charge in [0.1, 0.15) is 24.4 Å². The summed E-state index contributed by atoms with van der Waals surface area (Å²) in [7, 11) is 0. The van der Waals surface area contributed by atoms with E-state index in [9.17, 15) is 30.3 Å². The Morgan fingerprint density at radius 1 is 0.473 bits per heavy atom. The number of nitrogens with one attached hydrogen (secondary N) is 1. The van der Waals surface area contributed by atoms with Gasteiger partial charge in [-0.1, -0.05) is 252 Å². The fourth-order valence-corrected chi connectivity index (χ4v) is 8.83. The van der Waals surface area contributed by atoms with Crippen molar-refractivity contribution < 1.29 is 39.8 Å². The van der Waals surface area contributed by atoms with Gasteiger partial charge in [-0.2, -0.15) is 0 Å². The van der Waals surface area contributed by atoms with Gasteiger partial charge in [0.15, 0.2) is 6.29 Å². The Labute approximate surface area is 453 Å². The largest absolute Gasteiger partial charge is 0.394 e. The summed E-state index contributed by atoms with van der Waals surface area (Å²) in [4.78, 5) is 13.0. The summed E-state index contributed by atoms with van der Waals surface area (Å²) < 4.78 is 11.2. The van der Waals surface area contributed by atoms with Crippen molar-refractivity contribution in [3.05, 3.63) is 109 Å². The fraction of sp³-hybridized carbons (Fsp3) is 0.708. The molecule has 7 unspecified atom stereocenters. The molecule has 0 aromatic heterocycles. The number of aliphatic hydroxyl groups excluding tert-OH is 5. The lowest BCUT2D eigenvalue weighted by atomic mass is 9.99. The molecule has 6 N–H and O–H groups in total. The molecule has 1 fully saturated rings. The van der Waals surface area contributed by atoms with Crippen molar-refractivity contribution in [2.24, 2.45) is 0 Å². The highest BCUT2D eigenvalue weighted by atomic mass is 16.7. The van der Waals surface area contributed by atoms with E-state index in [4.69, 9.17) is 9.47 Å². The molecular formula is C65H111NO8. The monoisotopic (exact) mass is 1030 g/mol. The van der Waals surface area contributed by atoms with Crippen LogP contribution in [-0.2, 0) is 14.3 Å². The van der Waals surface area contributed by atoms with Crippen molar-refractivity contribution in [2.75, 3.05) is 13.2 Å². The van der Waals surface area contributed by atoms with Crippen LogP contribution in [0.4, 0.5) is 0 Å². The predicted molar refractivity (Wildman–Crippen MR) is 313 cm³/mol. The molecule has 74 heavy (non-hydrogen) atoms. The van der Waals surface area contributed by atoms with Crippen LogP contribution in [0.1, 0.15) is 239 Å². The van der Waals surface area contributed by atoms with Gasteiger partial charge in [-0.05, 0) is 89.9 Å². The van der Waals surface area contributed by atoms with Gasteiger partial charge in [-0.15, -0.1) is 0 Å². The van der Waals surface area contributed by atoms with Crippen LogP contribution in [0.5, 0.6) is 0 Å². The van der Waals surface area contributed by atoms with Crippen LogP contribution in [0.3, 0.4) is 0 Å². The van der Waals surface area contributed by atoms with Crippen molar-refractivity contribution in [2.45, 2.75) is 281 Å². The average molecular weight is 1030 g/mol. The summed E-state index contributed by atoms with van der Waals surface area (Å²) in [6.07, 6.45) is 71.9. The molecule has 1 aliphatic heterocycles. The fourth-order valence-electron chi connectivity index (χ4n) is 8.83. The summed E-state index contributed by atoms with van der Waals surface area (Å²) in [5, 5.41) is 54.3. The second-order valence-electron chi connectivity index (χ2n) is 20.4. The van der Waals surface area contributed by atoms with Crippen LogP contribution in [0.25, 0.3) is 0 Å². The molecule has 9 heteroatoms. The molecule has 424 valence electrons. The minimum atomic E-state index is -1.58. The molecule has 1 heterocycles. The molecule has 0 bridgehead atoms. The zero-order valence-corrected chi connectivity index (χ0v) is 47.1. The molecule has 0 aliphatic carbocycles. The minimum absolute atomic E-state index is 0.193. The number of hydrogen-bond donors (Lipinski definition) is 6. The Bertz CT molecular complexity index is 1530. The van der Waals surface area contributed by atoms with E-state index in [2.05, 4.69) is 116 Å². The van der Waals surface area contributed by atoms with Gasteiger partial charge in [-0.3, -0.25) is 4.79 Å². The number of ether oxygens (including phenoxy) is 2. The van der Waals surface area contributed by atoms with E-state index in [1.165, 1.54) is 128 Å². The van der Waals surface area contributed by atoms with Gasteiger partial charge >= 0.3 is 0 Å². The molecule has 0 spiro atoms. The number of allylic oxidation sites excluding steroid dienone is 17. The van der Waals surface area contributed by atoms with E-state index in [1.54, 1.807) is 6.08 Å².